The van der Waals surface area contributed by atoms with Gasteiger partial charge >= 0.3 is 11.6 Å². The van der Waals surface area contributed by atoms with Crippen LogP contribution in [0, 0.1) is 5.82 Å². The van der Waals surface area contributed by atoms with Gasteiger partial charge in [0.2, 0.25) is 0 Å². The third-order valence-corrected chi connectivity index (χ3v) is 9.88. The normalized spacial score (nSPS) is 15.9. The fourth-order valence-corrected chi connectivity index (χ4v) is 6.81. The lowest BCUT2D eigenvalue weighted by molar-refractivity contribution is -0.207. The molecule has 0 aliphatic carbocycles. The number of piperazine rings is 1. The molecule has 0 amide bonds. The Morgan fingerprint density at radius 1 is 0.852 bits per heavy atom. The molecule has 7 rings (SSSR count). The molecule has 0 radical (unpaired) electrons. The fraction of sp³-hybridized carbons (Fsp3) is 0.324. The smallest absolute Gasteiger partial charge is 0.351 e. The number of alkyl halides is 2. The van der Waals surface area contributed by atoms with Gasteiger partial charge in [0.05, 0.1) is 30.6 Å². The number of aliphatic hydroxyl groups excluding tert-OH is 1. The van der Waals surface area contributed by atoms with Crippen molar-refractivity contribution in [1.82, 2.24) is 44.5 Å². The molecule has 6 aromatic rings. The van der Waals surface area contributed by atoms with Crippen LogP contribution in [0.5, 0.6) is 0 Å². The lowest BCUT2D eigenvalue weighted by atomic mass is 9.84. The summed E-state index contributed by atoms with van der Waals surface area (Å²) in [5, 5.41) is 36.2. The Bertz CT molecular complexity index is 2220. The predicted molar refractivity (Wildman–Crippen MR) is 193 cm³/mol. The summed E-state index contributed by atoms with van der Waals surface area (Å²) >= 11 is 0. The summed E-state index contributed by atoms with van der Waals surface area (Å²) in [7, 11) is 0. The highest BCUT2D eigenvalue weighted by Crippen LogP contribution is 2.46. The number of anilines is 2. The van der Waals surface area contributed by atoms with Gasteiger partial charge in [0.15, 0.2) is 5.60 Å². The van der Waals surface area contributed by atoms with E-state index in [1.165, 1.54) is 40.0 Å². The summed E-state index contributed by atoms with van der Waals surface area (Å²) in [5.41, 5.74) is -1.51. The van der Waals surface area contributed by atoms with Crippen molar-refractivity contribution >= 4 is 11.4 Å². The van der Waals surface area contributed by atoms with Gasteiger partial charge in [-0.05, 0) is 65.7 Å². The average molecular weight is 742 g/mol. The zero-order valence-electron chi connectivity index (χ0n) is 29.5. The molecule has 0 spiro atoms. The molecule has 1 fully saturated rings. The van der Waals surface area contributed by atoms with Gasteiger partial charge in [0.25, 0.3) is 0 Å². The van der Waals surface area contributed by atoms with Gasteiger partial charge < -0.3 is 20.0 Å². The van der Waals surface area contributed by atoms with Crippen LogP contribution in [0.1, 0.15) is 37.6 Å². The molecule has 1 aliphatic heterocycles. The average Bonchev–Trinajstić information content (AvgIpc) is 3.84. The van der Waals surface area contributed by atoms with E-state index in [1.807, 2.05) is 37.3 Å². The number of benzene rings is 2. The van der Waals surface area contributed by atoms with Crippen molar-refractivity contribution in [2.75, 3.05) is 36.0 Å². The van der Waals surface area contributed by atoms with Crippen LogP contribution in [0.15, 0.2) is 103 Å². The Labute approximate surface area is 307 Å². The number of tetrazole rings is 1. The molecule has 1 saturated heterocycles. The Morgan fingerprint density at radius 2 is 1.54 bits per heavy atom. The van der Waals surface area contributed by atoms with E-state index in [0.717, 1.165) is 72.3 Å². The number of halogens is 3. The number of aliphatic hydroxyl groups is 2. The second-order valence-electron chi connectivity index (χ2n) is 13.2. The van der Waals surface area contributed by atoms with Crippen LogP contribution in [-0.2, 0) is 18.1 Å². The number of hydrogen-bond donors (Lipinski definition) is 2. The minimum atomic E-state index is -4.04. The monoisotopic (exact) mass is 741 g/mol. The molecule has 2 aromatic carbocycles. The summed E-state index contributed by atoms with van der Waals surface area (Å²) in [6.07, 6.45) is 5.36. The van der Waals surface area contributed by atoms with Crippen LogP contribution in [0.3, 0.4) is 0 Å². The van der Waals surface area contributed by atoms with Crippen molar-refractivity contribution in [3.8, 4) is 16.9 Å². The summed E-state index contributed by atoms with van der Waals surface area (Å²) < 4.78 is 50.7. The summed E-state index contributed by atoms with van der Waals surface area (Å²) in [6.45, 7) is 5.66. The molecule has 14 nitrogen and oxygen atoms in total. The van der Waals surface area contributed by atoms with Gasteiger partial charge in [-0.2, -0.15) is 13.9 Å². The molecule has 0 bridgehead atoms. The highest BCUT2D eigenvalue weighted by molar-refractivity contribution is 5.66. The van der Waals surface area contributed by atoms with Gasteiger partial charge in [0, 0.05) is 49.2 Å². The molecule has 280 valence electrons. The molecule has 2 N–H and O–H groups in total. The molecule has 3 unspecified atom stereocenters. The van der Waals surface area contributed by atoms with Crippen LogP contribution >= 0.6 is 0 Å². The number of hydrogen-bond acceptors (Lipinski definition) is 11. The molecule has 54 heavy (non-hydrogen) atoms. The van der Waals surface area contributed by atoms with Crippen LogP contribution in [0.25, 0.3) is 16.9 Å². The third-order valence-electron chi connectivity index (χ3n) is 9.88. The topological polar surface area (TPSA) is 156 Å². The standard InChI is InChI=1S/C37H38F3N11O3/c1-3-32(25(2)52)51-35(53)50(24-44-51)34-15-13-29(21-42-34)48-18-16-47(17-19-48)28-11-8-26(9-12-28)27-10-14-33(41-20-27)37(39,40)36(54,22-49-23-43-45-46-49)30-6-4-5-7-31(30)38/h4-15,20-21,23-25,32,52,54H,3,16-19,22H2,1-2H3. The maximum absolute atomic E-state index is 16.2. The Hall–Kier alpha value is -5.94. The Morgan fingerprint density at radius 3 is 2.13 bits per heavy atom. The van der Waals surface area contributed by atoms with E-state index in [1.54, 1.807) is 19.2 Å². The van der Waals surface area contributed by atoms with E-state index in [-0.39, 0.29) is 5.69 Å². The minimum Gasteiger partial charge on any atom is -0.391 e. The molecular weight excluding hydrogens is 703 g/mol. The molecule has 1 aliphatic rings. The van der Waals surface area contributed by atoms with Crippen molar-refractivity contribution in [3.05, 3.63) is 125 Å². The van der Waals surface area contributed by atoms with E-state index < -0.39 is 47.3 Å². The summed E-state index contributed by atoms with van der Waals surface area (Å²) in [6, 6.07) is 18.4. The lowest BCUT2D eigenvalue weighted by Gasteiger charge is -2.37. The van der Waals surface area contributed by atoms with Crippen LogP contribution < -0.4 is 15.5 Å². The van der Waals surface area contributed by atoms with E-state index in [9.17, 15) is 19.4 Å². The van der Waals surface area contributed by atoms with Crippen molar-refractivity contribution in [2.24, 2.45) is 0 Å². The zero-order chi connectivity index (χ0) is 38.0. The molecule has 0 saturated carbocycles. The molecular formula is C37H38F3N11O3. The van der Waals surface area contributed by atoms with Gasteiger partial charge in [-0.15, -0.1) is 5.10 Å². The van der Waals surface area contributed by atoms with Crippen LogP contribution in [0.2, 0.25) is 0 Å². The summed E-state index contributed by atoms with van der Waals surface area (Å²) in [5.74, 6) is -4.60. The highest BCUT2D eigenvalue weighted by atomic mass is 19.3. The Kier molecular flexibility index (Phi) is 10.00. The fourth-order valence-electron chi connectivity index (χ4n) is 6.81. The molecule has 4 aromatic heterocycles. The first-order chi connectivity index (χ1) is 26.0. The third kappa shape index (κ3) is 6.82. The van der Waals surface area contributed by atoms with Gasteiger partial charge in [-0.25, -0.2) is 28.1 Å². The lowest BCUT2D eigenvalue weighted by Crippen LogP contribution is -2.48. The van der Waals surface area contributed by atoms with Crippen LogP contribution in [0.4, 0.5) is 24.5 Å². The number of nitrogens with zero attached hydrogens (tertiary/aromatic N) is 11. The number of rotatable bonds is 12. The van der Waals surface area contributed by atoms with Crippen LogP contribution in [-0.4, -0.2) is 87.0 Å². The maximum Gasteiger partial charge on any atom is 0.351 e. The predicted octanol–water partition coefficient (Wildman–Crippen LogP) is 3.95. The van der Waals surface area contributed by atoms with E-state index in [4.69, 9.17) is 0 Å². The minimum absolute atomic E-state index is 0.361. The van der Waals surface area contributed by atoms with Gasteiger partial charge in [0.1, 0.15) is 30.0 Å². The first-order valence-corrected chi connectivity index (χ1v) is 17.4. The molecule has 17 heteroatoms. The second-order valence-corrected chi connectivity index (χ2v) is 13.2. The molecule has 3 atom stereocenters. The van der Waals surface area contributed by atoms with Crippen molar-refractivity contribution in [1.29, 1.82) is 0 Å². The largest absolute Gasteiger partial charge is 0.391 e. The quantitative estimate of drug-likeness (QED) is 0.187. The SMILES string of the molecule is CCC(C(C)O)n1ncn(-c2ccc(N3CCN(c4ccc(-c5ccc(C(F)(F)C(O)(Cn6cnnn6)c6ccccc6F)nc5)cc4)CC3)cn2)c1=O. The van der Waals surface area contributed by atoms with Crippen molar-refractivity contribution in [2.45, 2.75) is 50.5 Å². The second kappa shape index (κ2) is 14.8. The van der Waals surface area contributed by atoms with E-state index in [2.05, 4.69) is 40.4 Å². The van der Waals surface area contributed by atoms with Crippen molar-refractivity contribution in [3.63, 3.8) is 0 Å². The number of pyridine rings is 2. The molecule has 5 heterocycles. The van der Waals surface area contributed by atoms with E-state index >= 15 is 8.78 Å². The summed E-state index contributed by atoms with van der Waals surface area (Å²) in [4.78, 5) is 26.0. The zero-order valence-corrected chi connectivity index (χ0v) is 29.5. The maximum atomic E-state index is 16.2. The van der Waals surface area contributed by atoms with Crippen molar-refractivity contribution < 1.29 is 23.4 Å². The first kappa shape index (κ1) is 36.4. The van der Waals surface area contributed by atoms with Gasteiger partial charge in [-0.1, -0.05) is 43.3 Å². The highest BCUT2D eigenvalue weighted by Gasteiger charge is 2.57. The number of aromatic nitrogens is 9. The Balaban J connectivity index is 1.000. The first-order valence-electron chi connectivity index (χ1n) is 17.4. The van der Waals surface area contributed by atoms with Gasteiger partial charge in [-0.3, -0.25) is 4.98 Å². The van der Waals surface area contributed by atoms with E-state index in [0.29, 0.717) is 17.8 Å².